The molecule has 0 bridgehead atoms. The number of H-pyrrole nitrogens is 1. The van der Waals surface area contributed by atoms with Gasteiger partial charge in [0.25, 0.3) is 0 Å². The van der Waals surface area contributed by atoms with E-state index in [9.17, 15) is 0 Å². The van der Waals surface area contributed by atoms with Crippen molar-refractivity contribution in [1.82, 2.24) is 4.98 Å². The van der Waals surface area contributed by atoms with Gasteiger partial charge < -0.3 is 10.7 Å². The molecule has 1 atom stereocenters. The van der Waals surface area contributed by atoms with Gasteiger partial charge in [0.2, 0.25) is 0 Å². The summed E-state index contributed by atoms with van der Waals surface area (Å²) in [7, 11) is 0. The number of aromatic amines is 1. The highest BCUT2D eigenvalue weighted by molar-refractivity contribution is 9.10. The van der Waals surface area contributed by atoms with E-state index in [1.807, 2.05) is 0 Å². The number of rotatable bonds is 2. The summed E-state index contributed by atoms with van der Waals surface area (Å²) in [6.45, 7) is 0. The first kappa shape index (κ1) is 11.3. The molecule has 1 aromatic carbocycles. The van der Waals surface area contributed by atoms with Gasteiger partial charge in [0.05, 0.1) is 0 Å². The van der Waals surface area contributed by atoms with Crippen LogP contribution in [0.25, 0.3) is 10.9 Å². The minimum Gasteiger partial charge on any atom is -0.361 e. The zero-order valence-electron chi connectivity index (χ0n) is 9.75. The first-order valence-electron chi connectivity index (χ1n) is 6.28. The number of halogens is 1. The van der Waals surface area contributed by atoms with E-state index in [2.05, 4.69) is 45.3 Å². The number of nitrogens with one attached hydrogen (secondary N) is 1. The van der Waals surface area contributed by atoms with Gasteiger partial charge >= 0.3 is 0 Å². The van der Waals surface area contributed by atoms with E-state index < -0.39 is 0 Å². The molecule has 1 unspecified atom stereocenters. The van der Waals surface area contributed by atoms with Gasteiger partial charge in [-0.05, 0) is 42.5 Å². The van der Waals surface area contributed by atoms with Crippen LogP contribution in [0, 0.1) is 5.92 Å². The molecule has 3 N–H and O–H groups in total. The molecular formula is C14H17BrN2. The molecule has 3 heteroatoms. The van der Waals surface area contributed by atoms with E-state index in [4.69, 9.17) is 5.73 Å². The summed E-state index contributed by atoms with van der Waals surface area (Å²) < 4.78 is 1.12. The minimum absolute atomic E-state index is 0.181. The minimum atomic E-state index is 0.181. The van der Waals surface area contributed by atoms with Gasteiger partial charge in [-0.3, -0.25) is 0 Å². The number of nitrogens with two attached hydrogens (primary N) is 1. The van der Waals surface area contributed by atoms with E-state index in [-0.39, 0.29) is 6.04 Å². The molecule has 1 aromatic heterocycles. The van der Waals surface area contributed by atoms with Gasteiger partial charge in [-0.1, -0.05) is 28.8 Å². The number of hydrogen-bond donors (Lipinski definition) is 2. The third-order valence-electron chi connectivity index (χ3n) is 3.94. The second-order valence-electron chi connectivity index (χ2n) is 5.00. The van der Waals surface area contributed by atoms with Crippen molar-refractivity contribution >= 4 is 26.8 Å². The highest BCUT2D eigenvalue weighted by Gasteiger charge is 2.25. The number of hydrogen-bond acceptors (Lipinski definition) is 1. The zero-order chi connectivity index (χ0) is 11.8. The molecule has 2 aromatic rings. The summed E-state index contributed by atoms with van der Waals surface area (Å²) in [5, 5.41) is 1.26. The molecule has 0 aliphatic heterocycles. The van der Waals surface area contributed by atoms with Gasteiger partial charge in [0.1, 0.15) is 0 Å². The molecular weight excluding hydrogens is 276 g/mol. The summed E-state index contributed by atoms with van der Waals surface area (Å²) in [6, 6.07) is 6.50. The maximum absolute atomic E-state index is 6.43. The Morgan fingerprint density at radius 2 is 2.06 bits per heavy atom. The Kier molecular flexibility index (Phi) is 2.97. The smallest absolute Gasteiger partial charge is 0.0458 e. The Morgan fingerprint density at radius 1 is 1.29 bits per heavy atom. The fraction of sp³-hybridized carbons (Fsp3) is 0.429. The zero-order valence-corrected chi connectivity index (χ0v) is 11.3. The molecule has 0 radical (unpaired) electrons. The van der Waals surface area contributed by atoms with Gasteiger partial charge in [-0.2, -0.15) is 0 Å². The lowest BCUT2D eigenvalue weighted by atomic mass is 9.92. The molecule has 3 rings (SSSR count). The van der Waals surface area contributed by atoms with Gasteiger partial charge in [-0.25, -0.2) is 0 Å². The van der Waals surface area contributed by atoms with Gasteiger partial charge in [0, 0.05) is 27.6 Å². The molecule has 0 saturated heterocycles. The first-order valence-corrected chi connectivity index (χ1v) is 7.07. The van der Waals surface area contributed by atoms with E-state index in [1.54, 1.807) is 0 Å². The Morgan fingerprint density at radius 3 is 2.82 bits per heavy atom. The highest BCUT2D eigenvalue weighted by atomic mass is 79.9. The lowest BCUT2D eigenvalue weighted by Gasteiger charge is -2.18. The molecule has 0 amide bonds. The van der Waals surface area contributed by atoms with Gasteiger partial charge in [0.15, 0.2) is 0 Å². The van der Waals surface area contributed by atoms with E-state index in [0.29, 0.717) is 5.92 Å². The van der Waals surface area contributed by atoms with E-state index in [1.165, 1.54) is 42.1 Å². The number of aromatic nitrogens is 1. The normalized spacial score (nSPS) is 18.9. The fourth-order valence-corrected chi connectivity index (χ4v) is 3.32. The largest absolute Gasteiger partial charge is 0.361 e. The number of benzene rings is 1. The summed E-state index contributed by atoms with van der Waals surface area (Å²) in [5.74, 6) is 0.660. The van der Waals surface area contributed by atoms with Crippen molar-refractivity contribution < 1.29 is 0 Å². The van der Waals surface area contributed by atoms with Crippen molar-refractivity contribution in [3.63, 3.8) is 0 Å². The van der Waals surface area contributed by atoms with Crippen molar-refractivity contribution in [3.05, 3.63) is 34.4 Å². The highest BCUT2D eigenvalue weighted by Crippen LogP contribution is 2.37. The van der Waals surface area contributed by atoms with Crippen LogP contribution in [0.3, 0.4) is 0 Å². The third kappa shape index (κ3) is 2.02. The molecule has 1 aliphatic rings. The van der Waals surface area contributed by atoms with Crippen molar-refractivity contribution in [2.45, 2.75) is 31.7 Å². The predicted octanol–water partition coefficient (Wildman–Crippen LogP) is 4.12. The van der Waals surface area contributed by atoms with Crippen LogP contribution in [0.1, 0.15) is 37.3 Å². The Bertz CT molecular complexity index is 526. The summed E-state index contributed by atoms with van der Waals surface area (Å²) in [6.07, 6.45) is 7.32. The van der Waals surface area contributed by atoms with Crippen LogP contribution in [0.4, 0.5) is 0 Å². The van der Waals surface area contributed by atoms with Crippen LogP contribution < -0.4 is 5.73 Å². The number of fused-ring (bicyclic) bond motifs is 1. The van der Waals surface area contributed by atoms with Crippen LogP contribution in [-0.4, -0.2) is 4.98 Å². The van der Waals surface area contributed by atoms with Gasteiger partial charge in [-0.15, -0.1) is 0 Å². The average molecular weight is 293 g/mol. The van der Waals surface area contributed by atoms with Crippen molar-refractivity contribution in [1.29, 1.82) is 0 Å². The van der Waals surface area contributed by atoms with Crippen LogP contribution in [-0.2, 0) is 0 Å². The topological polar surface area (TPSA) is 41.8 Å². The quantitative estimate of drug-likeness (QED) is 0.859. The Balaban J connectivity index is 2.01. The first-order chi connectivity index (χ1) is 8.25. The van der Waals surface area contributed by atoms with Crippen LogP contribution in [0.5, 0.6) is 0 Å². The molecule has 0 spiro atoms. The monoisotopic (exact) mass is 292 g/mol. The van der Waals surface area contributed by atoms with Crippen LogP contribution >= 0.6 is 15.9 Å². The summed E-state index contributed by atoms with van der Waals surface area (Å²) >= 11 is 3.53. The lowest BCUT2D eigenvalue weighted by molar-refractivity contribution is 0.447. The maximum atomic E-state index is 6.43. The van der Waals surface area contributed by atoms with Crippen molar-refractivity contribution in [2.75, 3.05) is 0 Å². The second-order valence-corrected chi connectivity index (χ2v) is 5.92. The van der Waals surface area contributed by atoms with E-state index >= 15 is 0 Å². The second kappa shape index (κ2) is 4.46. The van der Waals surface area contributed by atoms with Crippen LogP contribution in [0.2, 0.25) is 0 Å². The molecule has 90 valence electrons. The molecule has 17 heavy (non-hydrogen) atoms. The SMILES string of the molecule is NC(c1c[nH]c2ccc(Br)cc12)C1CCCC1. The van der Waals surface area contributed by atoms with Crippen molar-refractivity contribution in [2.24, 2.45) is 11.7 Å². The van der Waals surface area contributed by atoms with Crippen molar-refractivity contribution in [3.8, 4) is 0 Å². The molecule has 1 heterocycles. The fourth-order valence-electron chi connectivity index (χ4n) is 2.96. The predicted molar refractivity (Wildman–Crippen MR) is 74.9 cm³/mol. The van der Waals surface area contributed by atoms with Crippen LogP contribution in [0.15, 0.2) is 28.9 Å². The lowest BCUT2D eigenvalue weighted by Crippen LogP contribution is -2.18. The molecule has 1 saturated carbocycles. The standard InChI is InChI=1S/C14H17BrN2/c15-10-5-6-13-11(7-10)12(8-17-13)14(16)9-3-1-2-4-9/h5-9,14,17H,1-4,16H2. The average Bonchev–Trinajstić information content (AvgIpc) is 2.97. The molecule has 1 fully saturated rings. The Labute approximate surface area is 110 Å². The molecule has 2 nitrogen and oxygen atoms in total. The third-order valence-corrected chi connectivity index (χ3v) is 4.44. The summed E-state index contributed by atoms with van der Waals surface area (Å²) in [5.41, 5.74) is 8.87. The Hall–Kier alpha value is -0.800. The maximum Gasteiger partial charge on any atom is 0.0458 e. The van der Waals surface area contributed by atoms with E-state index in [0.717, 1.165) is 4.47 Å². The molecule has 1 aliphatic carbocycles. The summed E-state index contributed by atoms with van der Waals surface area (Å²) in [4.78, 5) is 3.32.